The maximum absolute atomic E-state index is 8.88. The second kappa shape index (κ2) is 4.07. The molecule has 0 fully saturated rings. The van der Waals surface area contributed by atoms with Crippen LogP contribution in [-0.2, 0) is 0 Å². The van der Waals surface area contributed by atoms with E-state index >= 15 is 0 Å². The molecule has 0 bridgehead atoms. The first kappa shape index (κ1) is 10.2. The molecule has 1 aromatic carbocycles. The van der Waals surface area contributed by atoms with E-state index in [4.69, 9.17) is 5.26 Å². The van der Waals surface area contributed by atoms with Gasteiger partial charge in [0, 0.05) is 19.5 Å². The highest BCUT2D eigenvalue weighted by molar-refractivity contribution is 5.98. The monoisotopic (exact) mass is 212 g/mol. The molecule has 4 heteroatoms. The quantitative estimate of drug-likeness (QED) is 0.801. The lowest BCUT2D eigenvalue weighted by Crippen LogP contribution is -1.99. The van der Waals surface area contributed by atoms with E-state index in [1.807, 2.05) is 26.2 Å². The summed E-state index contributed by atoms with van der Waals surface area (Å²) in [5.74, 6) is 0. The van der Waals surface area contributed by atoms with E-state index in [1.54, 1.807) is 12.3 Å². The van der Waals surface area contributed by atoms with E-state index in [9.17, 15) is 0 Å². The molecule has 2 aromatic rings. The van der Waals surface area contributed by atoms with Crippen LogP contribution in [0.15, 0.2) is 24.4 Å². The van der Waals surface area contributed by atoms with Crippen molar-refractivity contribution in [2.75, 3.05) is 24.7 Å². The number of benzene rings is 1. The van der Waals surface area contributed by atoms with E-state index < -0.39 is 0 Å². The smallest absolute Gasteiger partial charge is 0.0991 e. The van der Waals surface area contributed by atoms with Crippen LogP contribution >= 0.6 is 0 Å². The van der Waals surface area contributed by atoms with Gasteiger partial charge in [0.25, 0.3) is 0 Å². The van der Waals surface area contributed by atoms with Gasteiger partial charge >= 0.3 is 0 Å². The Morgan fingerprint density at radius 2 is 2.06 bits per heavy atom. The summed E-state index contributed by atoms with van der Waals surface area (Å²) in [6.07, 6.45) is 1.78. The molecule has 2 rings (SSSR count). The number of nitriles is 1. The number of fused-ring (bicyclic) bond motifs is 1. The zero-order chi connectivity index (χ0) is 11.5. The maximum Gasteiger partial charge on any atom is 0.0991 e. The number of hydrogen-bond acceptors (Lipinski definition) is 4. The van der Waals surface area contributed by atoms with Gasteiger partial charge in [-0.25, -0.2) is 0 Å². The van der Waals surface area contributed by atoms with Crippen molar-refractivity contribution in [3.63, 3.8) is 0 Å². The van der Waals surface area contributed by atoms with Crippen molar-refractivity contribution in [1.29, 1.82) is 5.26 Å². The fourth-order valence-corrected chi connectivity index (χ4v) is 1.72. The van der Waals surface area contributed by atoms with Crippen LogP contribution < -0.4 is 10.6 Å². The first-order valence-corrected chi connectivity index (χ1v) is 4.98. The summed E-state index contributed by atoms with van der Waals surface area (Å²) < 4.78 is 0. The molecule has 0 aliphatic carbocycles. The molecular weight excluding hydrogens is 200 g/mol. The van der Waals surface area contributed by atoms with Gasteiger partial charge in [-0.05, 0) is 18.2 Å². The molecule has 0 spiro atoms. The molecule has 0 saturated carbocycles. The van der Waals surface area contributed by atoms with Gasteiger partial charge in [0.2, 0.25) is 0 Å². The highest BCUT2D eigenvalue weighted by Crippen LogP contribution is 2.29. The number of aromatic nitrogens is 1. The summed E-state index contributed by atoms with van der Waals surface area (Å²) >= 11 is 0. The zero-order valence-electron chi connectivity index (χ0n) is 9.20. The molecule has 0 saturated heterocycles. The Kier molecular flexibility index (Phi) is 2.61. The Labute approximate surface area is 93.9 Å². The third-order valence-corrected chi connectivity index (χ3v) is 2.52. The minimum absolute atomic E-state index is 0.638. The molecule has 2 N–H and O–H groups in total. The van der Waals surface area contributed by atoms with Crippen LogP contribution in [0.3, 0.4) is 0 Å². The van der Waals surface area contributed by atoms with Crippen LogP contribution in [0.25, 0.3) is 10.9 Å². The van der Waals surface area contributed by atoms with E-state index in [0.717, 1.165) is 22.3 Å². The van der Waals surface area contributed by atoms with Crippen molar-refractivity contribution in [3.05, 3.63) is 30.0 Å². The van der Waals surface area contributed by atoms with Gasteiger partial charge < -0.3 is 10.6 Å². The molecular formula is C12H12N4. The Hall–Kier alpha value is -2.28. The van der Waals surface area contributed by atoms with E-state index in [0.29, 0.717) is 5.56 Å². The van der Waals surface area contributed by atoms with Crippen LogP contribution in [0.1, 0.15) is 5.56 Å². The van der Waals surface area contributed by atoms with Crippen molar-refractivity contribution in [3.8, 4) is 6.07 Å². The lowest BCUT2D eigenvalue weighted by Gasteiger charge is -2.11. The average Bonchev–Trinajstić information content (AvgIpc) is 2.36. The van der Waals surface area contributed by atoms with Crippen LogP contribution in [0, 0.1) is 11.3 Å². The predicted molar refractivity (Wildman–Crippen MR) is 65.6 cm³/mol. The van der Waals surface area contributed by atoms with E-state index in [2.05, 4.69) is 21.7 Å². The second-order valence-corrected chi connectivity index (χ2v) is 3.39. The summed E-state index contributed by atoms with van der Waals surface area (Å²) in [5.41, 5.74) is 3.40. The standard InChI is InChI=1S/C12H12N4/c1-14-11-7-16-10-4-3-8(6-13)5-9(10)12(11)15-2/h3-5,7,14H,1-2H3,(H,15,16). The fourth-order valence-electron chi connectivity index (χ4n) is 1.72. The van der Waals surface area contributed by atoms with Crippen LogP contribution in [0.5, 0.6) is 0 Å². The first-order valence-electron chi connectivity index (χ1n) is 4.98. The number of nitrogens with zero attached hydrogens (tertiary/aromatic N) is 2. The molecule has 0 atom stereocenters. The molecule has 1 aromatic heterocycles. The van der Waals surface area contributed by atoms with Crippen molar-refractivity contribution >= 4 is 22.3 Å². The third kappa shape index (κ3) is 1.52. The minimum Gasteiger partial charge on any atom is -0.386 e. The lowest BCUT2D eigenvalue weighted by atomic mass is 10.1. The molecule has 0 amide bonds. The molecule has 4 nitrogen and oxygen atoms in total. The Balaban J connectivity index is 2.79. The Bertz CT molecular complexity index is 569. The molecule has 0 aliphatic heterocycles. The largest absolute Gasteiger partial charge is 0.386 e. The molecule has 0 unspecified atom stereocenters. The van der Waals surface area contributed by atoms with Crippen LogP contribution in [-0.4, -0.2) is 19.1 Å². The predicted octanol–water partition coefficient (Wildman–Crippen LogP) is 2.19. The van der Waals surface area contributed by atoms with Crippen molar-refractivity contribution in [2.45, 2.75) is 0 Å². The normalized spacial score (nSPS) is 9.81. The average molecular weight is 212 g/mol. The third-order valence-electron chi connectivity index (χ3n) is 2.52. The minimum atomic E-state index is 0.638. The molecule has 1 heterocycles. The van der Waals surface area contributed by atoms with Crippen LogP contribution in [0.4, 0.5) is 11.4 Å². The molecule has 80 valence electrons. The maximum atomic E-state index is 8.88. The zero-order valence-corrected chi connectivity index (χ0v) is 9.20. The summed E-state index contributed by atoms with van der Waals surface area (Å²) in [6.45, 7) is 0. The fraction of sp³-hybridized carbons (Fsp3) is 0.167. The van der Waals surface area contributed by atoms with Gasteiger partial charge in [-0.1, -0.05) is 0 Å². The highest BCUT2D eigenvalue weighted by atomic mass is 14.9. The van der Waals surface area contributed by atoms with Gasteiger partial charge in [0.1, 0.15) is 0 Å². The highest BCUT2D eigenvalue weighted by Gasteiger charge is 2.06. The van der Waals surface area contributed by atoms with Gasteiger partial charge in [-0.2, -0.15) is 5.26 Å². The number of nitrogens with one attached hydrogen (secondary N) is 2. The summed E-state index contributed by atoms with van der Waals surface area (Å²) in [6, 6.07) is 7.60. The SMILES string of the molecule is CNc1cnc2ccc(C#N)cc2c1NC. The number of pyridine rings is 1. The molecule has 16 heavy (non-hydrogen) atoms. The topological polar surface area (TPSA) is 60.7 Å². The number of anilines is 2. The lowest BCUT2D eigenvalue weighted by molar-refractivity contribution is 1.36. The summed E-state index contributed by atoms with van der Waals surface area (Å²) in [5, 5.41) is 16.0. The van der Waals surface area contributed by atoms with Gasteiger partial charge in [-0.15, -0.1) is 0 Å². The van der Waals surface area contributed by atoms with E-state index in [1.165, 1.54) is 0 Å². The van der Waals surface area contributed by atoms with E-state index in [-0.39, 0.29) is 0 Å². The number of hydrogen-bond donors (Lipinski definition) is 2. The van der Waals surface area contributed by atoms with Gasteiger partial charge in [0.15, 0.2) is 0 Å². The molecule has 0 aliphatic rings. The summed E-state index contributed by atoms with van der Waals surface area (Å²) in [7, 11) is 3.70. The van der Waals surface area contributed by atoms with Crippen LogP contribution in [0.2, 0.25) is 0 Å². The second-order valence-electron chi connectivity index (χ2n) is 3.39. The van der Waals surface area contributed by atoms with Gasteiger partial charge in [0.05, 0.1) is 34.7 Å². The first-order chi connectivity index (χ1) is 7.80. The molecule has 0 radical (unpaired) electrons. The van der Waals surface area contributed by atoms with Crippen molar-refractivity contribution in [2.24, 2.45) is 0 Å². The Morgan fingerprint density at radius 3 is 2.69 bits per heavy atom. The Morgan fingerprint density at radius 1 is 1.25 bits per heavy atom. The van der Waals surface area contributed by atoms with Crippen molar-refractivity contribution < 1.29 is 0 Å². The van der Waals surface area contributed by atoms with Crippen molar-refractivity contribution in [1.82, 2.24) is 4.98 Å². The number of rotatable bonds is 2. The van der Waals surface area contributed by atoms with Gasteiger partial charge in [-0.3, -0.25) is 4.98 Å². The summed E-state index contributed by atoms with van der Waals surface area (Å²) in [4.78, 5) is 4.32.